The van der Waals surface area contributed by atoms with Crippen molar-refractivity contribution in [3.63, 3.8) is 0 Å². The zero-order chi connectivity index (χ0) is 15.6. The molecule has 0 atom stereocenters. The highest BCUT2D eigenvalue weighted by molar-refractivity contribution is 7.14. The fourth-order valence-corrected chi connectivity index (χ4v) is 3.11. The Morgan fingerprint density at radius 3 is 2.33 bits per heavy atom. The molecule has 0 fully saturated rings. The lowest BCUT2D eigenvalue weighted by Gasteiger charge is -2.22. The molecule has 1 aromatic carbocycles. The summed E-state index contributed by atoms with van der Waals surface area (Å²) in [7, 11) is 1.29. The molecule has 0 unspecified atom stereocenters. The third-order valence-electron chi connectivity index (χ3n) is 3.36. The van der Waals surface area contributed by atoms with Crippen LogP contribution in [0.2, 0.25) is 0 Å². The van der Waals surface area contributed by atoms with Crippen molar-refractivity contribution in [3.05, 3.63) is 51.5 Å². The lowest BCUT2D eigenvalue weighted by molar-refractivity contribution is 0.0591. The number of esters is 1. The molecule has 2 aromatic rings. The van der Waals surface area contributed by atoms with E-state index in [9.17, 15) is 9.59 Å². The Morgan fingerprint density at radius 2 is 1.81 bits per heavy atom. The third-order valence-corrected chi connectivity index (χ3v) is 4.84. The average molecular weight is 303 g/mol. The van der Waals surface area contributed by atoms with Gasteiger partial charge in [0, 0.05) is 12.3 Å². The van der Waals surface area contributed by atoms with Crippen molar-refractivity contribution in [2.75, 3.05) is 7.11 Å². The van der Waals surface area contributed by atoms with Gasteiger partial charge in [0.15, 0.2) is 11.5 Å². The van der Waals surface area contributed by atoms with E-state index < -0.39 is 5.97 Å². The molecule has 0 aliphatic rings. The Bertz CT molecular complexity index is 674. The Balaban J connectivity index is 2.55. The summed E-state index contributed by atoms with van der Waals surface area (Å²) in [6, 6.07) is 9.87. The normalized spacial score (nSPS) is 11.2. The van der Waals surface area contributed by atoms with Crippen LogP contribution < -0.4 is 0 Å². The zero-order valence-electron chi connectivity index (χ0n) is 12.5. The van der Waals surface area contributed by atoms with Gasteiger partial charge in [0.05, 0.1) is 7.11 Å². The monoisotopic (exact) mass is 303 g/mol. The number of hydrogen-bond donors (Lipinski definition) is 0. The van der Waals surface area contributed by atoms with Gasteiger partial charge in [-0.1, -0.05) is 30.3 Å². The third kappa shape index (κ3) is 2.88. The van der Waals surface area contributed by atoms with Crippen LogP contribution in [-0.4, -0.2) is 23.8 Å². The van der Waals surface area contributed by atoms with Gasteiger partial charge in [-0.2, -0.15) is 0 Å². The molecule has 0 saturated carbocycles. The second kappa shape index (κ2) is 5.77. The molecule has 5 heteroatoms. The van der Waals surface area contributed by atoms with Gasteiger partial charge in [0.25, 0.3) is 0 Å². The van der Waals surface area contributed by atoms with Crippen LogP contribution in [0.25, 0.3) is 0 Å². The molecule has 0 radical (unpaired) electrons. The van der Waals surface area contributed by atoms with Gasteiger partial charge in [-0.15, -0.1) is 11.3 Å². The second-order valence-corrected chi connectivity index (χ2v) is 6.23. The Labute approximate surface area is 127 Å². The molecular weight excluding hydrogens is 286 g/mol. The number of thiazole rings is 1. The van der Waals surface area contributed by atoms with E-state index in [0.29, 0.717) is 4.88 Å². The summed E-state index contributed by atoms with van der Waals surface area (Å²) in [5.41, 5.74) is 0.793. The number of Topliss-reactive ketones (excluding diaryl/α,β-unsaturated/α-hetero) is 1. The van der Waals surface area contributed by atoms with Crippen molar-refractivity contribution in [1.29, 1.82) is 0 Å². The SMILES string of the molecule is COC(=O)c1nc(C(C)(C)c2ccccc2)sc1C(C)=O. The maximum absolute atomic E-state index is 11.8. The summed E-state index contributed by atoms with van der Waals surface area (Å²) in [6.45, 7) is 5.47. The van der Waals surface area contributed by atoms with Gasteiger partial charge in [0.1, 0.15) is 9.88 Å². The van der Waals surface area contributed by atoms with Crippen LogP contribution >= 0.6 is 11.3 Å². The minimum atomic E-state index is -0.577. The fraction of sp³-hybridized carbons (Fsp3) is 0.312. The number of ether oxygens (including phenoxy) is 1. The summed E-state index contributed by atoms with van der Waals surface area (Å²) in [5, 5.41) is 0.722. The highest BCUT2D eigenvalue weighted by Gasteiger charge is 2.31. The first kappa shape index (κ1) is 15.4. The molecule has 2 rings (SSSR count). The molecule has 0 N–H and O–H groups in total. The van der Waals surface area contributed by atoms with Crippen LogP contribution in [-0.2, 0) is 10.2 Å². The molecule has 0 aliphatic carbocycles. The number of carbonyl (C=O) groups is 2. The molecule has 4 nitrogen and oxygen atoms in total. The maximum atomic E-state index is 11.8. The van der Waals surface area contributed by atoms with Crippen LogP contribution in [0.5, 0.6) is 0 Å². The van der Waals surface area contributed by atoms with Crippen LogP contribution in [0.4, 0.5) is 0 Å². The summed E-state index contributed by atoms with van der Waals surface area (Å²) in [6.07, 6.45) is 0. The van der Waals surface area contributed by atoms with E-state index in [2.05, 4.69) is 4.98 Å². The Kier molecular flexibility index (Phi) is 4.23. The number of carbonyl (C=O) groups excluding carboxylic acids is 2. The molecule has 0 saturated heterocycles. The van der Waals surface area contributed by atoms with E-state index >= 15 is 0 Å². The number of hydrogen-bond acceptors (Lipinski definition) is 5. The maximum Gasteiger partial charge on any atom is 0.358 e. The van der Waals surface area contributed by atoms with Gasteiger partial charge >= 0.3 is 5.97 Å². The zero-order valence-corrected chi connectivity index (χ0v) is 13.3. The molecule has 1 aromatic heterocycles. The molecule has 0 aliphatic heterocycles. The smallest absolute Gasteiger partial charge is 0.358 e. The first-order valence-corrected chi connectivity index (χ1v) is 7.35. The van der Waals surface area contributed by atoms with E-state index in [1.54, 1.807) is 0 Å². The molecule has 0 bridgehead atoms. The van der Waals surface area contributed by atoms with Gasteiger partial charge in [-0.25, -0.2) is 9.78 Å². The minimum absolute atomic E-state index is 0.106. The number of nitrogens with zero attached hydrogens (tertiary/aromatic N) is 1. The topological polar surface area (TPSA) is 56.3 Å². The lowest BCUT2D eigenvalue weighted by Crippen LogP contribution is -2.19. The number of methoxy groups -OCH3 is 1. The molecule has 110 valence electrons. The summed E-state index contributed by atoms with van der Waals surface area (Å²) in [5.74, 6) is -0.755. The molecular formula is C16H17NO3S. The van der Waals surface area contributed by atoms with Crippen molar-refractivity contribution < 1.29 is 14.3 Å². The predicted molar refractivity (Wildman–Crippen MR) is 82.0 cm³/mol. The number of ketones is 1. The standard InChI is InChI=1S/C16H17NO3S/c1-10(18)13-12(14(19)20-4)17-15(21-13)16(2,3)11-8-6-5-7-9-11/h5-9H,1-4H3. The van der Waals surface area contributed by atoms with E-state index in [1.165, 1.54) is 25.4 Å². The Hall–Kier alpha value is -2.01. The van der Waals surface area contributed by atoms with Gasteiger partial charge in [-0.05, 0) is 19.4 Å². The van der Waals surface area contributed by atoms with Crippen LogP contribution in [0, 0.1) is 0 Å². The van der Waals surface area contributed by atoms with Gasteiger partial charge < -0.3 is 4.74 Å². The van der Waals surface area contributed by atoms with Crippen molar-refractivity contribution in [2.24, 2.45) is 0 Å². The first-order chi connectivity index (χ1) is 9.87. The fourth-order valence-electron chi connectivity index (χ4n) is 2.04. The minimum Gasteiger partial charge on any atom is -0.464 e. The van der Waals surface area contributed by atoms with Crippen molar-refractivity contribution in [2.45, 2.75) is 26.2 Å². The summed E-state index contributed by atoms with van der Waals surface area (Å²) >= 11 is 1.25. The first-order valence-electron chi connectivity index (χ1n) is 6.54. The van der Waals surface area contributed by atoms with E-state index in [0.717, 1.165) is 10.6 Å². The van der Waals surface area contributed by atoms with Gasteiger partial charge in [-0.3, -0.25) is 4.79 Å². The van der Waals surface area contributed by atoms with Crippen LogP contribution in [0.15, 0.2) is 30.3 Å². The lowest BCUT2D eigenvalue weighted by atomic mass is 9.85. The molecule has 0 amide bonds. The quantitative estimate of drug-likeness (QED) is 0.641. The van der Waals surface area contributed by atoms with Crippen LogP contribution in [0.3, 0.4) is 0 Å². The van der Waals surface area contributed by atoms with E-state index in [4.69, 9.17) is 4.74 Å². The molecule has 21 heavy (non-hydrogen) atoms. The number of aromatic nitrogens is 1. The predicted octanol–water partition coefficient (Wildman–Crippen LogP) is 3.46. The number of benzene rings is 1. The molecule has 1 heterocycles. The summed E-state index contributed by atoms with van der Waals surface area (Å²) in [4.78, 5) is 28.2. The number of rotatable bonds is 4. The highest BCUT2D eigenvalue weighted by Crippen LogP contribution is 2.35. The second-order valence-electron chi connectivity index (χ2n) is 5.24. The average Bonchev–Trinajstić information content (AvgIpc) is 2.93. The largest absolute Gasteiger partial charge is 0.464 e. The van der Waals surface area contributed by atoms with Gasteiger partial charge in [0.2, 0.25) is 0 Å². The van der Waals surface area contributed by atoms with E-state index in [-0.39, 0.29) is 16.9 Å². The highest BCUT2D eigenvalue weighted by atomic mass is 32.1. The van der Waals surface area contributed by atoms with E-state index in [1.807, 2.05) is 44.2 Å². The van der Waals surface area contributed by atoms with Crippen molar-refractivity contribution >= 4 is 23.1 Å². The van der Waals surface area contributed by atoms with Crippen molar-refractivity contribution in [3.8, 4) is 0 Å². The summed E-state index contributed by atoms with van der Waals surface area (Å²) < 4.78 is 4.71. The van der Waals surface area contributed by atoms with Crippen LogP contribution in [0.1, 0.15) is 51.5 Å². The van der Waals surface area contributed by atoms with Crippen molar-refractivity contribution in [1.82, 2.24) is 4.98 Å². The Morgan fingerprint density at radius 1 is 1.19 bits per heavy atom. The molecule has 0 spiro atoms.